The summed E-state index contributed by atoms with van der Waals surface area (Å²) in [6.45, 7) is 5.18. The van der Waals surface area contributed by atoms with Crippen molar-refractivity contribution < 1.29 is 14.5 Å². The molecule has 0 bridgehead atoms. The molecule has 0 heterocycles. The lowest BCUT2D eigenvalue weighted by molar-refractivity contribution is -0.384. The lowest BCUT2D eigenvalue weighted by atomic mass is 10.0. The van der Waals surface area contributed by atoms with Gasteiger partial charge in [-0.2, -0.15) is 5.26 Å². The minimum absolute atomic E-state index is 0.0282. The van der Waals surface area contributed by atoms with Crippen LogP contribution in [-0.2, 0) is 16.0 Å². The summed E-state index contributed by atoms with van der Waals surface area (Å²) in [6, 6.07) is 7.66. The third-order valence-electron chi connectivity index (χ3n) is 2.43. The number of carbonyl (C=O) groups is 1. The number of esters is 1. The summed E-state index contributed by atoms with van der Waals surface area (Å²) in [4.78, 5) is 21.9. The predicted octanol–water partition coefficient (Wildman–Crippen LogP) is 2.62. The van der Waals surface area contributed by atoms with E-state index in [2.05, 4.69) is 0 Å². The molecule has 6 nitrogen and oxygen atoms in total. The zero-order chi connectivity index (χ0) is 15.3. The van der Waals surface area contributed by atoms with E-state index in [0.717, 1.165) is 0 Å². The van der Waals surface area contributed by atoms with Crippen LogP contribution < -0.4 is 0 Å². The maximum atomic E-state index is 11.8. The number of nitrogens with zero attached hydrogens (tertiary/aromatic N) is 2. The van der Waals surface area contributed by atoms with Gasteiger partial charge in [0.1, 0.15) is 11.5 Å². The second kappa shape index (κ2) is 6.15. The largest absolute Gasteiger partial charge is 0.459 e. The Morgan fingerprint density at radius 3 is 2.35 bits per heavy atom. The summed E-state index contributed by atoms with van der Waals surface area (Å²) < 4.78 is 5.16. The monoisotopic (exact) mass is 276 g/mol. The summed E-state index contributed by atoms with van der Waals surface area (Å²) >= 11 is 0. The number of hydrogen-bond acceptors (Lipinski definition) is 5. The normalized spacial score (nSPS) is 12.3. The molecule has 106 valence electrons. The van der Waals surface area contributed by atoms with Crippen LogP contribution in [-0.4, -0.2) is 16.5 Å². The molecule has 0 aliphatic carbocycles. The molecular weight excluding hydrogens is 260 g/mol. The number of carbonyl (C=O) groups excluding carboxylic acids is 1. The van der Waals surface area contributed by atoms with Crippen molar-refractivity contribution in [1.82, 2.24) is 0 Å². The summed E-state index contributed by atoms with van der Waals surface area (Å²) in [6.07, 6.45) is 0.170. The molecule has 0 saturated heterocycles. The molecule has 1 aromatic rings. The summed E-state index contributed by atoms with van der Waals surface area (Å²) in [5.41, 5.74) is -0.00527. The highest BCUT2D eigenvalue weighted by Gasteiger charge is 2.25. The van der Waals surface area contributed by atoms with Crippen LogP contribution in [0.5, 0.6) is 0 Å². The fourth-order valence-corrected chi connectivity index (χ4v) is 1.54. The molecule has 0 spiro atoms. The van der Waals surface area contributed by atoms with Gasteiger partial charge in [-0.15, -0.1) is 0 Å². The fourth-order valence-electron chi connectivity index (χ4n) is 1.54. The van der Waals surface area contributed by atoms with Gasteiger partial charge in [-0.05, 0) is 32.8 Å². The molecule has 0 aliphatic heterocycles. The number of nitriles is 1. The molecule has 0 saturated carbocycles. The van der Waals surface area contributed by atoms with Gasteiger partial charge in [-0.1, -0.05) is 12.1 Å². The number of non-ortho nitro benzene ring substituents is 1. The zero-order valence-corrected chi connectivity index (χ0v) is 11.6. The van der Waals surface area contributed by atoms with E-state index < -0.39 is 22.4 Å². The molecule has 0 radical (unpaired) electrons. The van der Waals surface area contributed by atoms with Gasteiger partial charge in [0.2, 0.25) is 0 Å². The molecule has 0 N–H and O–H groups in total. The number of nitro groups is 1. The maximum Gasteiger partial charge on any atom is 0.324 e. The number of hydrogen-bond donors (Lipinski definition) is 0. The van der Waals surface area contributed by atoms with Gasteiger partial charge >= 0.3 is 5.97 Å². The lowest BCUT2D eigenvalue weighted by Gasteiger charge is -2.21. The third-order valence-corrected chi connectivity index (χ3v) is 2.43. The van der Waals surface area contributed by atoms with Gasteiger partial charge in [-0.3, -0.25) is 14.9 Å². The molecule has 20 heavy (non-hydrogen) atoms. The van der Waals surface area contributed by atoms with Crippen LogP contribution in [0.15, 0.2) is 24.3 Å². The van der Waals surface area contributed by atoms with Crippen LogP contribution in [0.2, 0.25) is 0 Å². The SMILES string of the molecule is CC(C)(C)OC(=O)C(C#N)Cc1ccc([N+](=O)[O-])cc1. The Balaban J connectivity index is 2.76. The molecule has 1 atom stereocenters. The average Bonchev–Trinajstić information content (AvgIpc) is 2.34. The molecular formula is C14H16N2O4. The topological polar surface area (TPSA) is 93.2 Å². The van der Waals surface area contributed by atoms with E-state index in [1.807, 2.05) is 6.07 Å². The second-order valence-electron chi connectivity index (χ2n) is 5.34. The molecule has 0 aliphatic rings. The van der Waals surface area contributed by atoms with Crippen LogP contribution in [0.1, 0.15) is 26.3 Å². The Bertz CT molecular complexity index is 538. The first-order chi connectivity index (χ1) is 9.23. The van der Waals surface area contributed by atoms with Crippen LogP contribution in [0.4, 0.5) is 5.69 Å². The van der Waals surface area contributed by atoms with Gasteiger partial charge in [0, 0.05) is 12.1 Å². The van der Waals surface area contributed by atoms with Crippen molar-refractivity contribution in [2.24, 2.45) is 5.92 Å². The van der Waals surface area contributed by atoms with E-state index in [-0.39, 0.29) is 12.1 Å². The van der Waals surface area contributed by atoms with Crippen LogP contribution in [0.3, 0.4) is 0 Å². The Morgan fingerprint density at radius 2 is 1.95 bits per heavy atom. The van der Waals surface area contributed by atoms with Crippen molar-refractivity contribution in [1.29, 1.82) is 5.26 Å². The predicted molar refractivity (Wildman–Crippen MR) is 71.7 cm³/mol. The van der Waals surface area contributed by atoms with E-state index in [9.17, 15) is 14.9 Å². The Morgan fingerprint density at radius 1 is 1.40 bits per heavy atom. The van der Waals surface area contributed by atoms with Gasteiger partial charge < -0.3 is 4.74 Å². The number of rotatable bonds is 4. The molecule has 1 unspecified atom stereocenters. The van der Waals surface area contributed by atoms with Gasteiger partial charge in [-0.25, -0.2) is 0 Å². The fraction of sp³-hybridized carbons (Fsp3) is 0.429. The number of ether oxygens (including phenoxy) is 1. The van der Waals surface area contributed by atoms with Crippen molar-refractivity contribution in [2.45, 2.75) is 32.8 Å². The highest BCUT2D eigenvalue weighted by Crippen LogP contribution is 2.17. The first-order valence-corrected chi connectivity index (χ1v) is 6.09. The summed E-state index contributed by atoms with van der Waals surface area (Å²) in [5.74, 6) is -1.51. The molecule has 0 aromatic heterocycles. The second-order valence-corrected chi connectivity index (χ2v) is 5.34. The van der Waals surface area contributed by atoms with Crippen molar-refractivity contribution >= 4 is 11.7 Å². The highest BCUT2D eigenvalue weighted by atomic mass is 16.6. The standard InChI is InChI=1S/C14H16N2O4/c1-14(2,3)20-13(17)11(9-15)8-10-4-6-12(7-5-10)16(18)19/h4-7,11H,8H2,1-3H3. The molecule has 6 heteroatoms. The van der Waals surface area contributed by atoms with Crippen LogP contribution in [0, 0.1) is 27.4 Å². The molecule has 1 aromatic carbocycles. The zero-order valence-electron chi connectivity index (χ0n) is 11.6. The van der Waals surface area contributed by atoms with E-state index >= 15 is 0 Å². The van der Waals surface area contributed by atoms with Crippen molar-refractivity contribution in [3.05, 3.63) is 39.9 Å². The summed E-state index contributed by atoms with van der Waals surface area (Å²) in [7, 11) is 0. The van der Waals surface area contributed by atoms with Crippen molar-refractivity contribution in [3.8, 4) is 6.07 Å². The van der Waals surface area contributed by atoms with Gasteiger partial charge in [0.05, 0.1) is 11.0 Å². The number of benzene rings is 1. The maximum absolute atomic E-state index is 11.8. The van der Waals surface area contributed by atoms with E-state index in [1.165, 1.54) is 24.3 Å². The summed E-state index contributed by atoms with van der Waals surface area (Å²) in [5, 5.41) is 19.6. The Hall–Kier alpha value is -2.42. The third kappa shape index (κ3) is 4.69. The van der Waals surface area contributed by atoms with Crippen molar-refractivity contribution in [2.75, 3.05) is 0 Å². The number of nitro benzene ring substituents is 1. The van der Waals surface area contributed by atoms with E-state index in [1.54, 1.807) is 20.8 Å². The quantitative estimate of drug-likeness (QED) is 0.478. The average molecular weight is 276 g/mol. The molecule has 0 amide bonds. The Kier molecular flexibility index (Phi) is 4.81. The van der Waals surface area contributed by atoms with Crippen LogP contribution in [0.25, 0.3) is 0 Å². The van der Waals surface area contributed by atoms with E-state index in [0.29, 0.717) is 5.56 Å². The smallest absolute Gasteiger partial charge is 0.324 e. The van der Waals surface area contributed by atoms with Gasteiger partial charge in [0.15, 0.2) is 0 Å². The minimum atomic E-state index is -0.921. The van der Waals surface area contributed by atoms with Gasteiger partial charge in [0.25, 0.3) is 5.69 Å². The minimum Gasteiger partial charge on any atom is -0.459 e. The lowest BCUT2D eigenvalue weighted by Crippen LogP contribution is -2.29. The first kappa shape index (κ1) is 15.6. The Labute approximate surface area is 117 Å². The van der Waals surface area contributed by atoms with Crippen molar-refractivity contribution in [3.63, 3.8) is 0 Å². The van der Waals surface area contributed by atoms with Crippen LogP contribution >= 0.6 is 0 Å². The van der Waals surface area contributed by atoms with E-state index in [4.69, 9.17) is 10.00 Å². The molecule has 0 fully saturated rings. The molecule has 1 rings (SSSR count). The first-order valence-electron chi connectivity index (χ1n) is 6.09. The highest BCUT2D eigenvalue weighted by molar-refractivity contribution is 5.76.